The Labute approximate surface area is 115 Å². The first-order valence-electron chi connectivity index (χ1n) is 5.55. The van der Waals surface area contributed by atoms with Crippen LogP contribution in [0.1, 0.15) is 16.8 Å². The average molecular weight is 302 g/mol. The largest absolute Gasteiger partial charge is 0.379 e. The molecule has 4 heteroatoms. The van der Waals surface area contributed by atoms with Crippen LogP contribution in [-0.4, -0.2) is 4.98 Å². The number of anilines is 1. The van der Waals surface area contributed by atoms with Crippen molar-refractivity contribution in [1.82, 2.24) is 4.98 Å². The van der Waals surface area contributed by atoms with Crippen LogP contribution in [-0.2, 0) is 6.54 Å². The average Bonchev–Trinajstić information content (AvgIpc) is 2.38. The van der Waals surface area contributed by atoms with Crippen molar-refractivity contribution in [2.45, 2.75) is 13.5 Å². The monoisotopic (exact) mass is 301 g/mol. The molecule has 2 aromatic rings. The number of halogens is 1. The van der Waals surface area contributed by atoms with Crippen molar-refractivity contribution in [2.24, 2.45) is 0 Å². The van der Waals surface area contributed by atoms with Gasteiger partial charge in [0.15, 0.2) is 0 Å². The van der Waals surface area contributed by atoms with E-state index in [1.807, 2.05) is 43.3 Å². The second-order valence-electron chi connectivity index (χ2n) is 3.95. The Balaban J connectivity index is 2.13. The number of pyridine rings is 1. The molecular formula is C14H12BrN3. The lowest BCUT2D eigenvalue weighted by Gasteiger charge is -2.09. The van der Waals surface area contributed by atoms with E-state index in [1.165, 1.54) is 0 Å². The normalized spacial score (nSPS) is 9.83. The zero-order valence-corrected chi connectivity index (χ0v) is 11.5. The van der Waals surface area contributed by atoms with E-state index in [4.69, 9.17) is 5.26 Å². The highest BCUT2D eigenvalue weighted by molar-refractivity contribution is 9.10. The van der Waals surface area contributed by atoms with Crippen LogP contribution in [0.2, 0.25) is 0 Å². The molecule has 1 heterocycles. The Morgan fingerprint density at radius 3 is 2.89 bits per heavy atom. The molecule has 0 aliphatic heterocycles. The minimum absolute atomic E-state index is 0.634. The zero-order valence-electron chi connectivity index (χ0n) is 9.94. The molecule has 0 atom stereocenters. The van der Waals surface area contributed by atoms with Crippen molar-refractivity contribution in [3.05, 3.63) is 57.8 Å². The molecule has 0 spiro atoms. The van der Waals surface area contributed by atoms with Crippen LogP contribution in [0.25, 0.3) is 0 Å². The van der Waals surface area contributed by atoms with Gasteiger partial charge in [0.25, 0.3) is 0 Å². The molecule has 2 rings (SSSR count). The minimum Gasteiger partial charge on any atom is -0.379 e. The first kappa shape index (κ1) is 12.6. The summed E-state index contributed by atoms with van der Waals surface area (Å²) in [5, 5.41) is 12.2. The van der Waals surface area contributed by atoms with E-state index < -0.39 is 0 Å². The van der Waals surface area contributed by atoms with Crippen molar-refractivity contribution < 1.29 is 0 Å². The van der Waals surface area contributed by atoms with Gasteiger partial charge in [-0.25, -0.2) is 4.98 Å². The third-order valence-corrected chi connectivity index (χ3v) is 3.04. The highest BCUT2D eigenvalue weighted by atomic mass is 79.9. The van der Waals surface area contributed by atoms with Gasteiger partial charge in [0, 0.05) is 5.69 Å². The van der Waals surface area contributed by atoms with Gasteiger partial charge >= 0.3 is 0 Å². The lowest BCUT2D eigenvalue weighted by atomic mass is 10.1. The molecule has 0 saturated carbocycles. The van der Waals surface area contributed by atoms with Crippen LogP contribution in [0, 0.1) is 18.3 Å². The molecule has 1 aromatic heterocycles. The van der Waals surface area contributed by atoms with Gasteiger partial charge in [-0.2, -0.15) is 5.26 Å². The fourth-order valence-electron chi connectivity index (χ4n) is 1.62. The van der Waals surface area contributed by atoms with Gasteiger partial charge in [-0.3, -0.25) is 0 Å². The van der Waals surface area contributed by atoms with E-state index in [2.05, 4.69) is 32.3 Å². The van der Waals surface area contributed by atoms with Crippen LogP contribution in [0.5, 0.6) is 0 Å². The van der Waals surface area contributed by atoms with E-state index in [1.54, 1.807) is 0 Å². The third-order valence-electron chi connectivity index (χ3n) is 2.60. The maximum atomic E-state index is 8.88. The number of nitrogens with one attached hydrogen (secondary N) is 1. The summed E-state index contributed by atoms with van der Waals surface area (Å²) in [4.78, 5) is 4.35. The van der Waals surface area contributed by atoms with Crippen molar-refractivity contribution in [3.63, 3.8) is 0 Å². The highest BCUT2D eigenvalue weighted by Gasteiger charge is 2.01. The molecule has 0 unspecified atom stereocenters. The molecule has 0 aliphatic carbocycles. The van der Waals surface area contributed by atoms with Gasteiger partial charge in [-0.15, -0.1) is 0 Å². The smallest absolute Gasteiger partial charge is 0.106 e. The molecule has 18 heavy (non-hydrogen) atoms. The van der Waals surface area contributed by atoms with Gasteiger partial charge in [0.2, 0.25) is 0 Å². The van der Waals surface area contributed by atoms with Crippen LogP contribution in [0.15, 0.2) is 41.0 Å². The number of aromatic nitrogens is 1. The summed E-state index contributed by atoms with van der Waals surface area (Å²) in [7, 11) is 0. The maximum Gasteiger partial charge on any atom is 0.106 e. The Bertz CT molecular complexity index is 602. The van der Waals surface area contributed by atoms with E-state index >= 15 is 0 Å². The van der Waals surface area contributed by atoms with E-state index in [0.29, 0.717) is 12.1 Å². The second-order valence-corrected chi connectivity index (χ2v) is 4.76. The van der Waals surface area contributed by atoms with Gasteiger partial charge in [-0.1, -0.05) is 12.1 Å². The van der Waals surface area contributed by atoms with Gasteiger partial charge in [0.05, 0.1) is 23.9 Å². The third kappa shape index (κ3) is 3.08. The molecule has 0 aliphatic rings. The van der Waals surface area contributed by atoms with Crippen molar-refractivity contribution in [1.29, 1.82) is 5.26 Å². The predicted octanol–water partition coefficient (Wildman–Crippen LogP) is 3.64. The molecule has 1 N–H and O–H groups in total. The number of aryl methyl sites for hydroxylation is 1. The topological polar surface area (TPSA) is 48.7 Å². The Kier molecular flexibility index (Phi) is 3.96. The van der Waals surface area contributed by atoms with E-state index in [9.17, 15) is 0 Å². The molecule has 0 fully saturated rings. The Hall–Kier alpha value is -1.86. The van der Waals surface area contributed by atoms with Crippen molar-refractivity contribution in [2.75, 3.05) is 5.32 Å². The van der Waals surface area contributed by atoms with Gasteiger partial charge in [-0.05, 0) is 52.7 Å². The summed E-state index contributed by atoms with van der Waals surface area (Å²) >= 11 is 3.34. The number of hydrogen-bond donors (Lipinski definition) is 1. The van der Waals surface area contributed by atoms with Crippen LogP contribution in [0.4, 0.5) is 5.69 Å². The quantitative estimate of drug-likeness (QED) is 0.881. The number of rotatable bonds is 3. The SMILES string of the molecule is Cc1ccc(C#N)cc1NCc1cccc(Br)n1. The van der Waals surface area contributed by atoms with Crippen LogP contribution >= 0.6 is 15.9 Å². The Morgan fingerprint density at radius 1 is 1.33 bits per heavy atom. The summed E-state index contributed by atoms with van der Waals surface area (Å²) in [5.41, 5.74) is 3.69. The van der Waals surface area contributed by atoms with Gasteiger partial charge in [0.1, 0.15) is 4.60 Å². The molecule has 1 aromatic carbocycles. The lowest BCUT2D eigenvalue weighted by Crippen LogP contribution is -2.03. The number of hydrogen-bond acceptors (Lipinski definition) is 3. The fraction of sp³-hybridized carbons (Fsp3) is 0.143. The van der Waals surface area contributed by atoms with Crippen molar-refractivity contribution >= 4 is 21.6 Å². The second kappa shape index (κ2) is 5.65. The van der Waals surface area contributed by atoms with E-state index in [0.717, 1.165) is 21.5 Å². The molecule has 90 valence electrons. The highest BCUT2D eigenvalue weighted by Crippen LogP contribution is 2.17. The first-order valence-corrected chi connectivity index (χ1v) is 6.34. The number of nitriles is 1. The summed E-state index contributed by atoms with van der Waals surface area (Å²) in [5.74, 6) is 0. The molecular weight excluding hydrogens is 290 g/mol. The molecule has 0 radical (unpaired) electrons. The van der Waals surface area contributed by atoms with Crippen molar-refractivity contribution in [3.8, 4) is 6.07 Å². The lowest BCUT2D eigenvalue weighted by molar-refractivity contribution is 1.03. The first-order chi connectivity index (χ1) is 8.69. The fourth-order valence-corrected chi connectivity index (χ4v) is 2.00. The minimum atomic E-state index is 0.634. The molecule has 0 saturated heterocycles. The summed E-state index contributed by atoms with van der Waals surface area (Å²) in [6, 6.07) is 13.6. The molecule has 0 amide bonds. The summed E-state index contributed by atoms with van der Waals surface area (Å²) in [6.45, 7) is 2.65. The van der Waals surface area contributed by atoms with Gasteiger partial charge < -0.3 is 5.32 Å². The number of nitrogens with zero attached hydrogens (tertiary/aromatic N) is 2. The Morgan fingerprint density at radius 2 is 2.17 bits per heavy atom. The summed E-state index contributed by atoms with van der Waals surface area (Å²) in [6.07, 6.45) is 0. The zero-order chi connectivity index (χ0) is 13.0. The summed E-state index contributed by atoms with van der Waals surface area (Å²) < 4.78 is 0.823. The van der Waals surface area contributed by atoms with Crippen LogP contribution < -0.4 is 5.32 Å². The maximum absolute atomic E-state index is 8.88. The molecule has 3 nitrogen and oxygen atoms in total. The van der Waals surface area contributed by atoms with Crippen LogP contribution in [0.3, 0.4) is 0 Å². The van der Waals surface area contributed by atoms with E-state index in [-0.39, 0.29) is 0 Å². The number of benzene rings is 1. The molecule has 0 bridgehead atoms. The predicted molar refractivity (Wildman–Crippen MR) is 75.2 cm³/mol. The standard InChI is InChI=1S/C14H12BrN3/c1-10-5-6-11(8-16)7-13(10)17-9-12-3-2-4-14(15)18-12/h2-7,17H,9H2,1H3.